The monoisotopic (exact) mass is 761 g/mol. The van der Waals surface area contributed by atoms with Gasteiger partial charge in [0.2, 0.25) is 5.91 Å². The van der Waals surface area contributed by atoms with Gasteiger partial charge in [0.15, 0.2) is 0 Å². The molecule has 0 spiro atoms. The van der Waals surface area contributed by atoms with E-state index in [9.17, 15) is 18.0 Å². The van der Waals surface area contributed by atoms with Gasteiger partial charge in [-0.15, -0.1) is 0 Å². The molecular formula is C37H37Cl2N5O5SSi. The van der Waals surface area contributed by atoms with Gasteiger partial charge in [-0.2, -0.15) is 12.7 Å². The second-order valence-electron chi connectivity index (χ2n) is 13.4. The van der Waals surface area contributed by atoms with E-state index in [1.807, 2.05) is 48.5 Å². The number of primary amides is 1. The molecule has 1 aromatic heterocycles. The van der Waals surface area contributed by atoms with E-state index >= 15 is 0 Å². The van der Waals surface area contributed by atoms with Gasteiger partial charge in [0, 0.05) is 30.8 Å². The van der Waals surface area contributed by atoms with Crippen LogP contribution in [0.5, 0.6) is 0 Å². The number of para-hydroxylation sites is 1. The number of hydrogen-bond donors (Lipinski definition) is 2. The van der Waals surface area contributed by atoms with Gasteiger partial charge in [-0.25, -0.2) is 9.29 Å². The average Bonchev–Trinajstić information content (AvgIpc) is 3.64. The van der Waals surface area contributed by atoms with Crippen LogP contribution in [0.3, 0.4) is 0 Å². The summed E-state index contributed by atoms with van der Waals surface area (Å²) in [6.07, 6.45) is 1.66. The molecule has 3 N–H and O–H groups in total. The largest absolute Gasteiger partial charge is 0.366 e. The van der Waals surface area contributed by atoms with Crippen LogP contribution in [0.25, 0.3) is 22.4 Å². The van der Waals surface area contributed by atoms with Gasteiger partial charge in [0.05, 0.1) is 28.5 Å². The summed E-state index contributed by atoms with van der Waals surface area (Å²) < 4.78 is 35.5. The SMILES string of the molecule is C[Si](C)(C)CCOCN1C(=O)CN(c2ccccc2C(c2ccc(-c3ccccc3C(N)=O)cc2)c2ncc(-c3ccc(Cl)cc3Cl)[nH]2)S1(=O)=O. The number of hydrogen-bond acceptors (Lipinski definition) is 6. The Morgan fingerprint density at radius 1 is 0.980 bits per heavy atom. The van der Waals surface area contributed by atoms with Crippen LogP contribution in [0.2, 0.25) is 35.7 Å². The molecule has 6 rings (SSSR count). The van der Waals surface area contributed by atoms with Gasteiger partial charge >= 0.3 is 10.2 Å². The van der Waals surface area contributed by atoms with Crippen LogP contribution in [0.4, 0.5) is 5.69 Å². The zero-order valence-electron chi connectivity index (χ0n) is 28.3. The van der Waals surface area contributed by atoms with Crippen molar-refractivity contribution in [1.82, 2.24) is 14.3 Å². The third-order valence-corrected chi connectivity index (χ3v) is 12.7. The van der Waals surface area contributed by atoms with Crippen molar-refractivity contribution in [2.75, 3.05) is 24.2 Å². The van der Waals surface area contributed by atoms with Crippen molar-refractivity contribution in [3.05, 3.63) is 130 Å². The molecule has 5 aromatic rings. The lowest BCUT2D eigenvalue weighted by molar-refractivity contribution is -0.127. The molecule has 1 unspecified atom stereocenters. The number of anilines is 1. The van der Waals surface area contributed by atoms with Crippen molar-refractivity contribution in [3.63, 3.8) is 0 Å². The molecule has 1 saturated heterocycles. The highest BCUT2D eigenvalue weighted by atomic mass is 35.5. The van der Waals surface area contributed by atoms with Crippen molar-refractivity contribution in [2.24, 2.45) is 5.73 Å². The summed E-state index contributed by atoms with van der Waals surface area (Å²) in [4.78, 5) is 33.6. The Morgan fingerprint density at radius 2 is 1.69 bits per heavy atom. The standard InChI is InChI=1S/C37H37Cl2N5O5SSi/c1-51(2,3)19-18-49-23-44-34(45)22-43(50(44,47)48)33-11-7-6-10-30(33)35(37-41-21-32(42-37)29-17-16-26(38)20-31(29)39)25-14-12-24(13-15-25)27-8-4-5-9-28(27)36(40)46/h4-17,20-21,35H,18-19,22-23H2,1-3H3,(H2,40,46)(H,41,42). The lowest BCUT2D eigenvalue weighted by Gasteiger charge is -2.25. The first-order valence-electron chi connectivity index (χ1n) is 16.2. The molecule has 2 amide bonds. The Morgan fingerprint density at radius 3 is 2.39 bits per heavy atom. The number of halogens is 2. The number of nitrogens with zero attached hydrogens (tertiary/aromatic N) is 3. The smallest absolute Gasteiger partial charge is 0.331 e. The van der Waals surface area contributed by atoms with E-state index in [0.717, 1.165) is 25.8 Å². The van der Waals surface area contributed by atoms with Gasteiger partial charge in [0.1, 0.15) is 19.1 Å². The Labute approximate surface area is 308 Å². The van der Waals surface area contributed by atoms with Gasteiger partial charge in [-0.1, -0.05) is 104 Å². The number of benzene rings is 4. The van der Waals surface area contributed by atoms with E-state index in [-0.39, 0.29) is 13.3 Å². The highest BCUT2D eigenvalue weighted by Crippen LogP contribution is 2.41. The fraction of sp³-hybridized carbons (Fsp3) is 0.216. The number of nitrogens with one attached hydrogen (secondary N) is 1. The molecule has 14 heteroatoms. The second-order valence-corrected chi connectivity index (χ2v) is 21.7. The van der Waals surface area contributed by atoms with E-state index in [4.69, 9.17) is 38.7 Å². The van der Waals surface area contributed by atoms with Crippen LogP contribution < -0.4 is 10.0 Å². The van der Waals surface area contributed by atoms with Gasteiger partial charge in [0.25, 0.3) is 5.91 Å². The Hall–Kier alpha value is -4.46. The maximum atomic E-state index is 14.0. The van der Waals surface area contributed by atoms with Gasteiger partial charge in [-0.05, 0) is 58.6 Å². The average molecular weight is 763 g/mol. The van der Waals surface area contributed by atoms with Crippen molar-refractivity contribution in [2.45, 2.75) is 31.6 Å². The van der Waals surface area contributed by atoms with Crippen LogP contribution >= 0.6 is 23.2 Å². The lowest BCUT2D eigenvalue weighted by Crippen LogP contribution is -2.36. The highest BCUT2D eigenvalue weighted by Gasteiger charge is 2.44. The minimum atomic E-state index is -4.27. The molecule has 10 nitrogen and oxygen atoms in total. The Kier molecular flexibility index (Phi) is 10.4. The molecular weight excluding hydrogens is 725 g/mol. The Balaban J connectivity index is 1.42. The summed E-state index contributed by atoms with van der Waals surface area (Å²) in [5.41, 5.74) is 10.5. The predicted octanol–water partition coefficient (Wildman–Crippen LogP) is 7.54. The number of carbonyl (C=O) groups is 2. The second kappa shape index (κ2) is 14.6. The summed E-state index contributed by atoms with van der Waals surface area (Å²) in [5.74, 6) is -1.25. The molecule has 0 radical (unpaired) electrons. The number of carbonyl (C=O) groups excluding carboxylic acids is 2. The normalized spacial score (nSPS) is 15.0. The quantitative estimate of drug-likeness (QED) is 0.0996. The summed E-state index contributed by atoms with van der Waals surface area (Å²) in [6.45, 7) is 6.22. The molecule has 0 bridgehead atoms. The number of aromatic nitrogens is 2. The van der Waals surface area contributed by atoms with Crippen LogP contribution in [-0.4, -0.2) is 62.5 Å². The number of H-pyrrole nitrogens is 1. The van der Waals surface area contributed by atoms with E-state index in [1.165, 1.54) is 0 Å². The number of rotatable bonds is 12. The number of imidazole rings is 1. The third-order valence-electron chi connectivity index (χ3n) is 8.67. The Bertz CT molecular complexity index is 2210. The van der Waals surface area contributed by atoms with Crippen molar-refractivity contribution < 1.29 is 22.7 Å². The minimum Gasteiger partial charge on any atom is -0.366 e. The van der Waals surface area contributed by atoms with Crippen LogP contribution in [0, 0.1) is 0 Å². The summed E-state index contributed by atoms with van der Waals surface area (Å²) in [7, 11) is -5.70. The van der Waals surface area contributed by atoms with E-state index in [1.54, 1.807) is 48.7 Å². The van der Waals surface area contributed by atoms with Crippen LogP contribution in [0.15, 0.2) is 97.2 Å². The number of nitrogens with two attached hydrogens (primary N) is 1. The summed E-state index contributed by atoms with van der Waals surface area (Å²) in [6, 6.07) is 27.7. The molecule has 1 aliphatic heterocycles. The molecule has 0 aliphatic carbocycles. The zero-order chi connectivity index (χ0) is 36.5. The topological polar surface area (TPSA) is 139 Å². The number of ether oxygens (including phenoxy) is 1. The van der Waals surface area contributed by atoms with Gasteiger partial charge in [-0.3, -0.25) is 9.59 Å². The first kappa shape index (κ1) is 36.3. The first-order valence-corrected chi connectivity index (χ1v) is 22.1. The predicted molar refractivity (Wildman–Crippen MR) is 204 cm³/mol. The van der Waals surface area contributed by atoms with Crippen molar-refractivity contribution in [3.8, 4) is 22.4 Å². The fourth-order valence-electron chi connectivity index (χ4n) is 5.98. The van der Waals surface area contributed by atoms with E-state index < -0.39 is 36.0 Å². The van der Waals surface area contributed by atoms with E-state index in [2.05, 4.69) is 24.6 Å². The molecule has 0 saturated carbocycles. The minimum absolute atomic E-state index is 0.325. The molecule has 4 aromatic carbocycles. The molecule has 264 valence electrons. The molecule has 1 fully saturated rings. The van der Waals surface area contributed by atoms with Gasteiger partial charge < -0.3 is 15.5 Å². The van der Waals surface area contributed by atoms with Crippen molar-refractivity contribution >= 4 is 59.0 Å². The highest BCUT2D eigenvalue weighted by molar-refractivity contribution is 7.91. The molecule has 2 heterocycles. The summed E-state index contributed by atoms with van der Waals surface area (Å²) >= 11 is 12.7. The maximum absolute atomic E-state index is 14.0. The third kappa shape index (κ3) is 7.75. The molecule has 1 aliphatic rings. The molecule has 1 atom stereocenters. The summed E-state index contributed by atoms with van der Waals surface area (Å²) in [5, 5.41) is 0.922. The zero-order valence-corrected chi connectivity index (χ0v) is 31.6. The van der Waals surface area contributed by atoms with Crippen LogP contribution in [0.1, 0.15) is 33.2 Å². The number of aromatic amines is 1. The number of amides is 2. The first-order chi connectivity index (χ1) is 24.2. The van der Waals surface area contributed by atoms with Crippen LogP contribution in [-0.2, 0) is 19.7 Å². The van der Waals surface area contributed by atoms with Crippen molar-refractivity contribution in [1.29, 1.82) is 0 Å². The van der Waals surface area contributed by atoms with E-state index in [0.29, 0.717) is 56.1 Å². The molecule has 51 heavy (non-hydrogen) atoms. The lowest BCUT2D eigenvalue weighted by atomic mass is 9.88. The maximum Gasteiger partial charge on any atom is 0.331 e. The fourth-order valence-corrected chi connectivity index (χ4v) is 8.70.